The zero-order valence-electron chi connectivity index (χ0n) is 19.9. The van der Waals surface area contributed by atoms with Gasteiger partial charge in [0.25, 0.3) is 5.91 Å². The van der Waals surface area contributed by atoms with Crippen LogP contribution in [-0.2, 0) is 17.6 Å². The van der Waals surface area contributed by atoms with Gasteiger partial charge in [-0.2, -0.15) is 0 Å². The third-order valence-electron chi connectivity index (χ3n) is 7.86. The van der Waals surface area contributed by atoms with Gasteiger partial charge in [0.2, 0.25) is 0 Å². The van der Waals surface area contributed by atoms with Crippen LogP contribution in [0.25, 0.3) is 10.2 Å². The van der Waals surface area contributed by atoms with Crippen LogP contribution >= 0.6 is 11.3 Å². The number of carbonyl (C=O) groups is 1. The lowest BCUT2D eigenvalue weighted by Gasteiger charge is -2.28. The lowest BCUT2D eigenvalue weighted by Crippen LogP contribution is -2.40. The smallest absolute Gasteiger partial charge is 0.263 e. The second-order valence-corrected chi connectivity index (χ2v) is 11.2. The van der Waals surface area contributed by atoms with Gasteiger partial charge in [0.15, 0.2) is 11.6 Å². The molecule has 2 fully saturated rings. The Morgan fingerprint density at radius 1 is 1.31 bits per heavy atom. The molecule has 11 heteroatoms. The van der Waals surface area contributed by atoms with Gasteiger partial charge in [-0.05, 0) is 50.3 Å². The molecule has 3 unspecified atom stereocenters. The molecule has 2 aliphatic heterocycles. The minimum absolute atomic E-state index is 0.0752. The number of thiophene rings is 1. The first kappa shape index (κ1) is 23.5. The summed E-state index contributed by atoms with van der Waals surface area (Å²) in [7, 11) is 0. The van der Waals surface area contributed by atoms with Gasteiger partial charge < -0.3 is 26.4 Å². The Labute approximate surface area is 211 Å². The number of halogens is 2. The lowest BCUT2D eigenvalue weighted by atomic mass is 9.83. The quantitative estimate of drug-likeness (QED) is 0.492. The molecule has 0 saturated carbocycles. The van der Waals surface area contributed by atoms with Crippen LogP contribution in [0.4, 0.5) is 20.3 Å². The summed E-state index contributed by atoms with van der Waals surface area (Å²) in [5.74, 6) is -0.814. The van der Waals surface area contributed by atoms with Crippen molar-refractivity contribution in [1.29, 1.82) is 0 Å². The van der Waals surface area contributed by atoms with E-state index in [1.807, 2.05) is 4.90 Å². The Morgan fingerprint density at radius 3 is 2.92 bits per heavy atom. The molecule has 8 nitrogen and oxygen atoms in total. The Kier molecular flexibility index (Phi) is 5.62. The summed E-state index contributed by atoms with van der Waals surface area (Å²) < 4.78 is 34.7. The molecular weight excluding hydrogens is 486 g/mol. The SMILES string of the molecule is Cc1nc2sc(C(=O)NC3CCc4nc(N5CC(N)C6(CCOC6)C5)c(F)cc4C3)c(N)c2cc1F. The van der Waals surface area contributed by atoms with Crippen molar-refractivity contribution < 1.29 is 18.3 Å². The van der Waals surface area contributed by atoms with Crippen molar-refractivity contribution in [3.05, 3.63) is 45.6 Å². The number of aryl methyl sites for hydroxylation is 2. The molecule has 3 aliphatic rings. The second-order valence-electron chi connectivity index (χ2n) is 10.2. The standard InChI is InChI=1S/C25H28F2N6O2S/c1-12-16(26)8-15-20(29)21(36-24(15)30-12)23(34)31-14-2-3-18-13(6-14)7-17(27)22(32-18)33-9-19(28)25(10-33)4-5-35-11-25/h7-8,14,19H,2-6,9-11,28-29H2,1H3,(H,31,34). The van der Waals surface area contributed by atoms with E-state index in [0.29, 0.717) is 66.5 Å². The van der Waals surface area contributed by atoms with Gasteiger partial charge in [-0.25, -0.2) is 18.7 Å². The van der Waals surface area contributed by atoms with E-state index in [1.165, 1.54) is 6.07 Å². The van der Waals surface area contributed by atoms with Crippen molar-refractivity contribution in [2.45, 2.75) is 44.7 Å². The number of hydrogen-bond acceptors (Lipinski definition) is 8. The van der Waals surface area contributed by atoms with E-state index in [0.717, 1.165) is 29.0 Å². The highest BCUT2D eigenvalue weighted by Gasteiger charge is 2.48. The number of hydrogen-bond donors (Lipinski definition) is 3. The number of rotatable bonds is 3. The molecule has 1 amide bonds. The van der Waals surface area contributed by atoms with Gasteiger partial charge in [0, 0.05) is 48.3 Å². The normalized spacial score (nSPS) is 25.6. The van der Waals surface area contributed by atoms with Gasteiger partial charge in [-0.1, -0.05) is 0 Å². The summed E-state index contributed by atoms with van der Waals surface area (Å²) >= 11 is 1.14. The minimum atomic E-state index is -0.459. The average molecular weight is 515 g/mol. The molecule has 0 bridgehead atoms. The first-order chi connectivity index (χ1) is 17.2. The van der Waals surface area contributed by atoms with Gasteiger partial charge >= 0.3 is 0 Å². The van der Waals surface area contributed by atoms with Crippen LogP contribution in [0.3, 0.4) is 0 Å². The molecule has 3 aromatic rings. The summed E-state index contributed by atoms with van der Waals surface area (Å²) in [5, 5.41) is 3.45. The molecule has 190 valence electrons. The molecule has 5 heterocycles. The van der Waals surface area contributed by atoms with Crippen LogP contribution in [-0.4, -0.2) is 54.3 Å². The largest absolute Gasteiger partial charge is 0.397 e. The Balaban J connectivity index is 1.18. The number of carbonyl (C=O) groups excluding carboxylic acids is 1. The van der Waals surface area contributed by atoms with Gasteiger partial charge in [0.05, 0.1) is 18.0 Å². The van der Waals surface area contributed by atoms with Gasteiger partial charge in [-0.3, -0.25) is 4.79 Å². The zero-order chi connectivity index (χ0) is 25.2. The molecule has 5 N–H and O–H groups in total. The average Bonchev–Trinajstić information content (AvgIpc) is 3.53. The van der Waals surface area contributed by atoms with E-state index in [2.05, 4.69) is 10.3 Å². The molecule has 1 spiro atoms. The fraction of sp³-hybridized carbons (Fsp3) is 0.480. The van der Waals surface area contributed by atoms with Crippen LogP contribution < -0.4 is 21.7 Å². The van der Waals surface area contributed by atoms with Crippen LogP contribution in [0.15, 0.2) is 12.1 Å². The van der Waals surface area contributed by atoms with E-state index >= 15 is 4.39 Å². The van der Waals surface area contributed by atoms with Gasteiger partial charge in [-0.15, -0.1) is 11.3 Å². The highest BCUT2D eigenvalue weighted by molar-refractivity contribution is 7.21. The number of ether oxygens (including phenoxy) is 1. The molecule has 1 aliphatic carbocycles. The summed E-state index contributed by atoms with van der Waals surface area (Å²) in [5.41, 5.74) is 14.6. The van der Waals surface area contributed by atoms with Crippen molar-refractivity contribution in [2.24, 2.45) is 11.1 Å². The maximum absolute atomic E-state index is 15.2. The number of nitrogens with zero attached hydrogens (tertiary/aromatic N) is 3. The summed E-state index contributed by atoms with van der Waals surface area (Å²) in [6.45, 7) is 4.06. The number of nitrogens with one attached hydrogen (secondary N) is 1. The predicted molar refractivity (Wildman–Crippen MR) is 134 cm³/mol. The van der Waals surface area contributed by atoms with Crippen LogP contribution in [0, 0.1) is 24.0 Å². The Morgan fingerprint density at radius 2 is 2.14 bits per heavy atom. The first-order valence-corrected chi connectivity index (χ1v) is 13.0. The highest BCUT2D eigenvalue weighted by Crippen LogP contribution is 2.40. The minimum Gasteiger partial charge on any atom is -0.397 e. The third kappa shape index (κ3) is 3.80. The first-order valence-electron chi connectivity index (χ1n) is 12.2. The summed E-state index contributed by atoms with van der Waals surface area (Å²) in [4.78, 5) is 24.7. The van der Waals surface area contributed by atoms with E-state index in [1.54, 1.807) is 13.0 Å². The van der Waals surface area contributed by atoms with E-state index in [4.69, 9.17) is 21.2 Å². The molecule has 2 saturated heterocycles. The molecular formula is C25H28F2N6O2S. The van der Waals surface area contributed by atoms with Crippen LogP contribution in [0.2, 0.25) is 0 Å². The number of anilines is 2. The number of amides is 1. The van der Waals surface area contributed by atoms with Crippen molar-refractivity contribution in [2.75, 3.05) is 36.9 Å². The molecule has 36 heavy (non-hydrogen) atoms. The van der Waals surface area contributed by atoms with Crippen molar-refractivity contribution in [3.8, 4) is 0 Å². The van der Waals surface area contributed by atoms with Crippen LogP contribution in [0.5, 0.6) is 0 Å². The highest BCUT2D eigenvalue weighted by atomic mass is 32.1. The number of pyridine rings is 2. The van der Waals surface area contributed by atoms with Crippen molar-refractivity contribution >= 4 is 39.0 Å². The second kappa shape index (κ2) is 8.60. The topological polar surface area (TPSA) is 119 Å². The molecule has 3 atom stereocenters. The fourth-order valence-electron chi connectivity index (χ4n) is 5.69. The van der Waals surface area contributed by atoms with Crippen molar-refractivity contribution in [1.82, 2.24) is 15.3 Å². The maximum Gasteiger partial charge on any atom is 0.263 e. The Bertz CT molecular complexity index is 1370. The van der Waals surface area contributed by atoms with E-state index in [-0.39, 0.29) is 40.6 Å². The maximum atomic E-state index is 15.2. The van der Waals surface area contributed by atoms with E-state index < -0.39 is 5.82 Å². The molecule has 6 rings (SSSR count). The summed E-state index contributed by atoms with van der Waals surface area (Å²) in [6, 6.07) is 2.60. The van der Waals surface area contributed by atoms with E-state index in [9.17, 15) is 9.18 Å². The number of nitrogens with two attached hydrogens (primary N) is 2. The van der Waals surface area contributed by atoms with Crippen molar-refractivity contribution in [3.63, 3.8) is 0 Å². The number of aromatic nitrogens is 2. The Hall–Kier alpha value is -2.89. The molecule has 0 aromatic carbocycles. The zero-order valence-corrected chi connectivity index (χ0v) is 20.8. The third-order valence-corrected chi connectivity index (χ3v) is 8.97. The predicted octanol–water partition coefficient (Wildman–Crippen LogP) is 2.70. The lowest BCUT2D eigenvalue weighted by molar-refractivity contribution is 0.0938. The molecule has 3 aromatic heterocycles. The number of fused-ring (bicyclic) bond motifs is 2. The molecule has 0 radical (unpaired) electrons. The van der Waals surface area contributed by atoms with Crippen LogP contribution in [0.1, 0.15) is 39.5 Å². The fourth-order valence-corrected chi connectivity index (χ4v) is 6.71. The van der Waals surface area contributed by atoms with Gasteiger partial charge in [0.1, 0.15) is 15.5 Å². The number of nitrogen functional groups attached to an aromatic ring is 1. The summed E-state index contributed by atoms with van der Waals surface area (Å²) in [6.07, 6.45) is 2.65. The monoisotopic (exact) mass is 514 g/mol.